The van der Waals surface area contributed by atoms with Crippen molar-refractivity contribution in [1.29, 1.82) is 0 Å². The molecule has 1 atom stereocenters. The molecular weight excluding hydrogens is 278 g/mol. The lowest BCUT2D eigenvalue weighted by molar-refractivity contribution is 0.235. The van der Waals surface area contributed by atoms with Gasteiger partial charge in [0.1, 0.15) is 5.76 Å². The quantitative estimate of drug-likeness (QED) is 0.914. The van der Waals surface area contributed by atoms with Gasteiger partial charge < -0.3 is 15.2 Å². The second-order valence-corrected chi connectivity index (χ2v) is 5.77. The van der Waals surface area contributed by atoms with Crippen LogP contribution in [-0.2, 0) is 13.0 Å². The maximum atomic E-state index is 12.2. The fourth-order valence-electron chi connectivity index (χ4n) is 3.04. The molecule has 1 aliphatic rings. The van der Waals surface area contributed by atoms with Crippen molar-refractivity contribution in [3.05, 3.63) is 52.4 Å². The van der Waals surface area contributed by atoms with Gasteiger partial charge in [-0.05, 0) is 44.2 Å². The zero-order chi connectivity index (χ0) is 15.5. The van der Waals surface area contributed by atoms with Crippen molar-refractivity contribution < 1.29 is 9.32 Å². The third kappa shape index (κ3) is 2.98. The molecule has 2 aromatic rings. The molecule has 1 heterocycles. The Kier molecular flexibility index (Phi) is 4.13. The predicted octanol–water partition coefficient (Wildman–Crippen LogP) is 3.17. The van der Waals surface area contributed by atoms with Gasteiger partial charge in [0.05, 0.1) is 11.7 Å². The van der Waals surface area contributed by atoms with Crippen LogP contribution in [-0.4, -0.2) is 11.2 Å². The number of hydrogen-bond donors (Lipinski definition) is 2. The summed E-state index contributed by atoms with van der Waals surface area (Å²) in [5.74, 6) is 0.751. The van der Waals surface area contributed by atoms with E-state index in [2.05, 4.69) is 34.0 Å². The van der Waals surface area contributed by atoms with Gasteiger partial charge in [0, 0.05) is 12.1 Å². The Morgan fingerprint density at radius 3 is 2.95 bits per heavy atom. The molecule has 0 spiro atoms. The highest BCUT2D eigenvalue weighted by Gasteiger charge is 2.21. The van der Waals surface area contributed by atoms with Gasteiger partial charge in [0.2, 0.25) is 0 Å². The summed E-state index contributed by atoms with van der Waals surface area (Å²) < 4.78 is 5.10. The molecule has 0 fully saturated rings. The molecule has 5 heteroatoms. The van der Waals surface area contributed by atoms with Crippen molar-refractivity contribution in [2.75, 3.05) is 0 Å². The molecule has 1 aliphatic carbocycles. The van der Waals surface area contributed by atoms with Crippen LogP contribution in [0.25, 0.3) is 0 Å². The van der Waals surface area contributed by atoms with Crippen LogP contribution < -0.4 is 10.6 Å². The summed E-state index contributed by atoms with van der Waals surface area (Å²) in [4.78, 5) is 12.2. The first-order valence-electron chi connectivity index (χ1n) is 7.69. The lowest BCUT2D eigenvalue weighted by atomic mass is 9.88. The molecule has 0 radical (unpaired) electrons. The number of amides is 2. The van der Waals surface area contributed by atoms with Gasteiger partial charge in [0.25, 0.3) is 0 Å². The molecule has 5 nitrogen and oxygen atoms in total. The van der Waals surface area contributed by atoms with E-state index in [0.29, 0.717) is 6.54 Å². The van der Waals surface area contributed by atoms with Crippen molar-refractivity contribution in [3.8, 4) is 0 Å². The second-order valence-electron chi connectivity index (χ2n) is 5.77. The van der Waals surface area contributed by atoms with Crippen LogP contribution in [0.15, 0.2) is 28.8 Å². The highest BCUT2D eigenvalue weighted by atomic mass is 16.5. The number of fused-ring (bicyclic) bond motifs is 1. The van der Waals surface area contributed by atoms with E-state index in [4.69, 9.17) is 4.52 Å². The molecule has 0 unspecified atom stereocenters. The molecule has 22 heavy (non-hydrogen) atoms. The van der Waals surface area contributed by atoms with E-state index in [1.54, 1.807) is 0 Å². The number of carbonyl (C=O) groups excluding carboxylic acids is 1. The fourth-order valence-corrected chi connectivity index (χ4v) is 3.04. The fraction of sp³-hybridized carbons (Fsp3) is 0.412. The average Bonchev–Trinajstić information content (AvgIpc) is 2.84. The average molecular weight is 299 g/mol. The van der Waals surface area contributed by atoms with E-state index in [-0.39, 0.29) is 12.1 Å². The summed E-state index contributed by atoms with van der Waals surface area (Å²) in [5.41, 5.74) is 4.34. The topological polar surface area (TPSA) is 67.2 Å². The summed E-state index contributed by atoms with van der Waals surface area (Å²) in [6, 6.07) is 8.27. The van der Waals surface area contributed by atoms with Crippen molar-refractivity contribution in [1.82, 2.24) is 15.8 Å². The summed E-state index contributed by atoms with van der Waals surface area (Å²) >= 11 is 0. The molecule has 2 amide bonds. The first-order chi connectivity index (χ1) is 10.6. The molecule has 2 N–H and O–H groups in total. The van der Waals surface area contributed by atoms with Gasteiger partial charge in [-0.3, -0.25) is 0 Å². The van der Waals surface area contributed by atoms with Gasteiger partial charge in [-0.15, -0.1) is 0 Å². The van der Waals surface area contributed by atoms with Crippen LogP contribution in [0.2, 0.25) is 0 Å². The number of nitrogens with one attached hydrogen (secondary N) is 2. The zero-order valence-electron chi connectivity index (χ0n) is 13.0. The summed E-state index contributed by atoms with van der Waals surface area (Å²) in [6.45, 7) is 4.16. The summed E-state index contributed by atoms with van der Waals surface area (Å²) in [5, 5.41) is 9.86. The zero-order valence-corrected chi connectivity index (χ0v) is 13.0. The number of aryl methyl sites for hydroxylation is 3. The minimum Gasteiger partial charge on any atom is -0.361 e. The Labute approximate surface area is 130 Å². The lowest BCUT2D eigenvalue weighted by Crippen LogP contribution is -2.38. The van der Waals surface area contributed by atoms with Gasteiger partial charge in [-0.1, -0.05) is 29.4 Å². The summed E-state index contributed by atoms with van der Waals surface area (Å²) in [7, 11) is 0. The van der Waals surface area contributed by atoms with Gasteiger partial charge in [-0.2, -0.15) is 0 Å². The van der Waals surface area contributed by atoms with Crippen molar-refractivity contribution >= 4 is 6.03 Å². The molecule has 3 rings (SSSR count). The monoisotopic (exact) mass is 299 g/mol. The maximum Gasteiger partial charge on any atom is 0.315 e. The van der Waals surface area contributed by atoms with Crippen LogP contribution in [0.3, 0.4) is 0 Å². The number of aromatic nitrogens is 1. The normalized spacial score (nSPS) is 16.9. The van der Waals surface area contributed by atoms with E-state index >= 15 is 0 Å². The Bertz CT molecular complexity index is 659. The highest BCUT2D eigenvalue weighted by Crippen LogP contribution is 2.29. The number of urea groups is 1. The third-order valence-electron chi connectivity index (χ3n) is 4.28. The van der Waals surface area contributed by atoms with Crippen molar-refractivity contribution in [3.63, 3.8) is 0 Å². The molecule has 1 aromatic carbocycles. The first kappa shape index (κ1) is 14.6. The second kappa shape index (κ2) is 6.22. The van der Waals surface area contributed by atoms with E-state index in [0.717, 1.165) is 36.3 Å². The number of hydrogen-bond acceptors (Lipinski definition) is 3. The number of carbonyl (C=O) groups is 1. The first-order valence-corrected chi connectivity index (χ1v) is 7.69. The van der Waals surface area contributed by atoms with Gasteiger partial charge in [0.15, 0.2) is 0 Å². The smallest absolute Gasteiger partial charge is 0.315 e. The van der Waals surface area contributed by atoms with E-state index in [1.165, 1.54) is 11.1 Å². The Hall–Kier alpha value is -2.30. The molecule has 0 aliphatic heterocycles. The standard InChI is InChI=1S/C17H21N3O2/c1-11-15(12(2)22-20-11)10-18-17(21)19-16-9-5-7-13-6-3-4-8-14(13)16/h3-4,6,8,16H,5,7,9-10H2,1-2H3,(H2,18,19,21)/t16-/m1/s1. The van der Waals surface area contributed by atoms with E-state index < -0.39 is 0 Å². The van der Waals surface area contributed by atoms with Crippen LogP contribution in [0.5, 0.6) is 0 Å². The predicted molar refractivity (Wildman–Crippen MR) is 83.5 cm³/mol. The maximum absolute atomic E-state index is 12.2. The number of rotatable bonds is 3. The minimum atomic E-state index is -0.151. The summed E-state index contributed by atoms with van der Waals surface area (Å²) in [6.07, 6.45) is 3.18. The molecule has 0 saturated carbocycles. The van der Waals surface area contributed by atoms with Gasteiger partial charge in [-0.25, -0.2) is 4.79 Å². The minimum absolute atomic E-state index is 0.0922. The Balaban J connectivity index is 1.61. The molecule has 1 aromatic heterocycles. The van der Waals surface area contributed by atoms with Crippen LogP contribution in [0.4, 0.5) is 4.79 Å². The lowest BCUT2D eigenvalue weighted by Gasteiger charge is -2.26. The van der Waals surface area contributed by atoms with Gasteiger partial charge >= 0.3 is 6.03 Å². The highest BCUT2D eigenvalue weighted by molar-refractivity contribution is 5.74. The Morgan fingerprint density at radius 1 is 1.36 bits per heavy atom. The molecule has 116 valence electrons. The van der Waals surface area contributed by atoms with E-state index in [1.807, 2.05) is 19.9 Å². The number of benzene rings is 1. The largest absolute Gasteiger partial charge is 0.361 e. The molecule has 0 saturated heterocycles. The molecule has 0 bridgehead atoms. The van der Waals surface area contributed by atoms with Crippen molar-refractivity contribution in [2.24, 2.45) is 0 Å². The van der Waals surface area contributed by atoms with Crippen LogP contribution in [0, 0.1) is 13.8 Å². The van der Waals surface area contributed by atoms with Crippen LogP contribution >= 0.6 is 0 Å². The molecular formula is C17H21N3O2. The van der Waals surface area contributed by atoms with Crippen molar-refractivity contribution in [2.45, 2.75) is 45.7 Å². The van der Waals surface area contributed by atoms with Crippen LogP contribution in [0.1, 0.15) is 47.0 Å². The number of nitrogens with zero attached hydrogens (tertiary/aromatic N) is 1. The van der Waals surface area contributed by atoms with E-state index in [9.17, 15) is 4.79 Å². The third-order valence-corrected chi connectivity index (χ3v) is 4.28. The Morgan fingerprint density at radius 2 is 2.18 bits per heavy atom. The SMILES string of the molecule is Cc1noc(C)c1CNC(=O)N[C@@H]1CCCc2ccccc21.